The maximum absolute atomic E-state index is 12.6. The fraction of sp³-hybridized carbons (Fsp3) is 0.600. The van der Waals surface area contributed by atoms with Crippen molar-refractivity contribution in [2.24, 2.45) is 0 Å². The van der Waals surface area contributed by atoms with Crippen molar-refractivity contribution in [2.45, 2.75) is 48.7 Å². The number of sulfonamides is 2. The van der Waals surface area contributed by atoms with E-state index in [9.17, 15) is 16.8 Å². The topological polar surface area (TPSA) is 83.5 Å². The molecule has 0 aromatic heterocycles. The van der Waals surface area contributed by atoms with Gasteiger partial charge in [0.05, 0.1) is 10.1 Å². The maximum atomic E-state index is 12.6. The Hall–Kier alpha value is -1.12. The Balaban J connectivity index is 1.82. The summed E-state index contributed by atoms with van der Waals surface area (Å²) in [5.41, 5.74) is 0.317. The van der Waals surface area contributed by atoms with Gasteiger partial charge in [0.2, 0.25) is 20.0 Å². The first-order valence-electron chi connectivity index (χ1n) is 8.01. The third kappa shape index (κ3) is 3.54. The molecule has 0 bridgehead atoms. The molecule has 0 radical (unpaired) electrons. The number of nitrogens with zero attached hydrogens (tertiary/aromatic N) is 1. The number of hydrogen-bond donors (Lipinski definition) is 1. The van der Waals surface area contributed by atoms with E-state index in [1.807, 2.05) is 0 Å². The molecule has 1 heterocycles. The van der Waals surface area contributed by atoms with Crippen molar-refractivity contribution in [2.75, 3.05) is 17.8 Å². The molecule has 1 aromatic carbocycles. The highest BCUT2D eigenvalue weighted by atomic mass is 32.2. The van der Waals surface area contributed by atoms with Crippen molar-refractivity contribution in [3.05, 3.63) is 24.3 Å². The van der Waals surface area contributed by atoms with E-state index in [0.717, 1.165) is 25.7 Å². The molecule has 0 spiro atoms. The van der Waals surface area contributed by atoms with Crippen LogP contribution in [-0.2, 0) is 20.0 Å². The summed E-state index contributed by atoms with van der Waals surface area (Å²) in [5.74, 6) is 0. The van der Waals surface area contributed by atoms with E-state index in [0.29, 0.717) is 31.6 Å². The molecule has 0 unspecified atom stereocenters. The second-order valence-electron chi connectivity index (χ2n) is 6.19. The van der Waals surface area contributed by atoms with Crippen molar-refractivity contribution in [3.8, 4) is 0 Å². The Bertz CT molecular complexity index is 762. The summed E-state index contributed by atoms with van der Waals surface area (Å²) in [6, 6.07) is 6.10. The van der Waals surface area contributed by atoms with Gasteiger partial charge in [-0.25, -0.2) is 16.8 Å². The molecule has 8 heteroatoms. The molecule has 2 aliphatic rings. The van der Waals surface area contributed by atoms with Gasteiger partial charge < -0.3 is 0 Å². The van der Waals surface area contributed by atoms with Crippen LogP contribution in [0.15, 0.2) is 29.2 Å². The zero-order valence-corrected chi connectivity index (χ0v) is 14.6. The molecule has 0 atom stereocenters. The van der Waals surface area contributed by atoms with Crippen molar-refractivity contribution in [1.82, 2.24) is 4.31 Å². The van der Waals surface area contributed by atoms with Gasteiger partial charge in [0.1, 0.15) is 0 Å². The molecule has 3 rings (SSSR count). The highest BCUT2D eigenvalue weighted by Gasteiger charge is 2.30. The van der Waals surface area contributed by atoms with Crippen LogP contribution < -0.4 is 4.72 Å². The van der Waals surface area contributed by atoms with Crippen LogP contribution in [0.3, 0.4) is 0 Å². The van der Waals surface area contributed by atoms with E-state index in [2.05, 4.69) is 4.72 Å². The minimum atomic E-state index is -3.54. The fourth-order valence-corrected chi connectivity index (χ4v) is 6.38. The van der Waals surface area contributed by atoms with Crippen LogP contribution in [0.1, 0.15) is 38.5 Å². The SMILES string of the molecule is O=S(=O)(Nc1cccc(S(=O)(=O)N2CCCC2)c1)C1CCCC1. The van der Waals surface area contributed by atoms with Crippen LogP contribution >= 0.6 is 0 Å². The summed E-state index contributed by atoms with van der Waals surface area (Å²) in [5, 5.41) is -0.374. The number of nitrogens with one attached hydrogen (secondary N) is 1. The molecule has 1 N–H and O–H groups in total. The second kappa shape index (κ2) is 6.41. The summed E-state index contributed by atoms with van der Waals surface area (Å²) in [7, 11) is -6.99. The average molecular weight is 358 g/mol. The summed E-state index contributed by atoms with van der Waals surface area (Å²) in [6.45, 7) is 1.06. The summed E-state index contributed by atoms with van der Waals surface area (Å²) < 4.78 is 53.8. The van der Waals surface area contributed by atoms with Crippen LogP contribution in [0, 0.1) is 0 Å². The molecule has 1 saturated heterocycles. The van der Waals surface area contributed by atoms with Crippen LogP contribution in [0.2, 0.25) is 0 Å². The number of benzene rings is 1. The van der Waals surface area contributed by atoms with E-state index in [4.69, 9.17) is 0 Å². The average Bonchev–Trinajstić information content (AvgIpc) is 3.21. The fourth-order valence-electron chi connectivity index (χ4n) is 3.24. The summed E-state index contributed by atoms with van der Waals surface area (Å²) >= 11 is 0. The van der Waals surface area contributed by atoms with E-state index >= 15 is 0 Å². The molecule has 0 amide bonds. The minimum Gasteiger partial charge on any atom is -0.283 e. The Labute approximate surface area is 138 Å². The summed E-state index contributed by atoms with van der Waals surface area (Å²) in [4.78, 5) is 0.144. The Kier molecular flexibility index (Phi) is 4.66. The monoisotopic (exact) mass is 358 g/mol. The van der Waals surface area contributed by atoms with Crippen molar-refractivity contribution in [1.29, 1.82) is 0 Å². The summed E-state index contributed by atoms with van der Waals surface area (Å²) in [6.07, 6.45) is 4.92. The molecule has 6 nitrogen and oxygen atoms in total. The first kappa shape index (κ1) is 16.7. The highest BCUT2D eigenvalue weighted by Crippen LogP contribution is 2.28. The molecule has 1 saturated carbocycles. The smallest absolute Gasteiger partial charge is 0.243 e. The first-order chi connectivity index (χ1) is 10.9. The van der Waals surface area contributed by atoms with E-state index in [1.165, 1.54) is 16.4 Å². The molecule has 128 valence electrons. The van der Waals surface area contributed by atoms with E-state index in [-0.39, 0.29) is 10.1 Å². The zero-order chi connectivity index (χ0) is 16.5. The van der Waals surface area contributed by atoms with Gasteiger partial charge in [0, 0.05) is 18.8 Å². The molecule has 2 fully saturated rings. The van der Waals surface area contributed by atoms with Crippen LogP contribution in [0.25, 0.3) is 0 Å². The van der Waals surface area contributed by atoms with E-state index in [1.54, 1.807) is 12.1 Å². The first-order valence-corrected chi connectivity index (χ1v) is 11.0. The van der Waals surface area contributed by atoms with Crippen molar-refractivity contribution >= 4 is 25.7 Å². The molecular formula is C15H22N2O4S2. The van der Waals surface area contributed by atoms with Gasteiger partial charge >= 0.3 is 0 Å². The zero-order valence-electron chi connectivity index (χ0n) is 12.9. The molecular weight excluding hydrogens is 336 g/mol. The molecule has 23 heavy (non-hydrogen) atoms. The van der Waals surface area contributed by atoms with Gasteiger partial charge in [0.25, 0.3) is 0 Å². The van der Waals surface area contributed by atoms with Gasteiger partial charge in [0.15, 0.2) is 0 Å². The lowest BCUT2D eigenvalue weighted by molar-refractivity contribution is 0.477. The second-order valence-corrected chi connectivity index (χ2v) is 10.1. The van der Waals surface area contributed by atoms with Crippen LogP contribution in [0.5, 0.6) is 0 Å². The Morgan fingerprint density at radius 2 is 1.61 bits per heavy atom. The lowest BCUT2D eigenvalue weighted by atomic mass is 10.3. The lowest BCUT2D eigenvalue weighted by Crippen LogP contribution is -2.28. The van der Waals surface area contributed by atoms with Crippen LogP contribution in [-0.4, -0.2) is 39.5 Å². The standard InChI is InChI=1S/C15H22N2O4S2/c18-22(19,14-7-1-2-8-14)16-13-6-5-9-15(12-13)23(20,21)17-10-3-4-11-17/h5-6,9,12,14,16H,1-4,7-8,10-11H2. The normalized spacial score (nSPS) is 20.9. The van der Waals surface area contributed by atoms with Crippen molar-refractivity contribution < 1.29 is 16.8 Å². The number of hydrogen-bond acceptors (Lipinski definition) is 4. The predicted octanol–water partition coefficient (Wildman–Crippen LogP) is 2.16. The van der Waals surface area contributed by atoms with Crippen LogP contribution in [0.4, 0.5) is 5.69 Å². The van der Waals surface area contributed by atoms with Gasteiger partial charge in [-0.2, -0.15) is 4.31 Å². The minimum absolute atomic E-state index is 0.144. The number of rotatable bonds is 5. The Morgan fingerprint density at radius 3 is 2.26 bits per heavy atom. The van der Waals surface area contributed by atoms with E-state index < -0.39 is 20.0 Å². The lowest BCUT2D eigenvalue weighted by Gasteiger charge is -2.17. The molecule has 1 aromatic rings. The van der Waals surface area contributed by atoms with Gasteiger partial charge in [-0.1, -0.05) is 18.9 Å². The van der Waals surface area contributed by atoms with Crippen molar-refractivity contribution in [3.63, 3.8) is 0 Å². The third-order valence-corrected chi connectivity index (χ3v) is 8.30. The maximum Gasteiger partial charge on any atom is 0.243 e. The van der Waals surface area contributed by atoms with Gasteiger partial charge in [-0.3, -0.25) is 4.72 Å². The quantitative estimate of drug-likeness (QED) is 0.874. The third-order valence-electron chi connectivity index (χ3n) is 4.54. The molecule has 1 aliphatic carbocycles. The largest absolute Gasteiger partial charge is 0.283 e. The predicted molar refractivity (Wildman–Crippen MR) is 89.2 cm³/mol. The van der Waals surface area contributed by atoms with Gasteiger partial charge in [-0.15, -0.1) is 0 Å². The Morgan fingerprint density at radius 1 is 0.957 bits per heavy atom. The molecule has 1 aliphatic heterocycles. The number of anilines is 1. The highest BCUT2D eigenvalue weighted by molar-refractivity contribution is 7.93. The van der Waals surface area contributed by atoms with Gasteiger partial charge in [-0.05, 0) is 43.9 Å².